The number of fused-ring (bicyclic) bond motifs is 1. The minimum Gasteiger partial charge on any atom is -0.353 e. The maximum atomic E-state index is 11.9. The number of nitrogens with zero attached hydrogens (tertiary/aromatic N) is 4. The van der Waals surface area contributed by atoms with Gasteiger partial charge in [0, 0.05) is 37.6 Å². The third-order valence-corrected chi connectivity index (χ3v) is 4.01. The van der Waals surface area contributed by atoms with E-state index in [1.807, 2.05) is 19.3 Å². The predicted molar refractivity (Wildman–Crippen MR) is 78.2 cm³/mol. The third kappa shape index (κ3) is 2.43. The van der Waals surface area contributed by atoms with E-state index >= 15 is 0 Å². The summed E-state index contributed by atoms with van der Waals surface area (Å²) in [6, 6.07) is -0.0610. The van der Waals surface area contributed by atoms with Gasteiger partial charge in [-0.15, -0.1) is 0 Å². The van der Waals surface area contributed by atoms with E-state index in [9.17, 15) is 4.79 Å². The van der Waals surface area contributed by atoms with Gasteiger partial charge in [0.15, 0.2) is 5.65 Å². The average molecular weight is 338 g/mol. The fraction of sp³-hybridized carbons (Fsp3) is 0.462. The van der Waals surface area contributed by atoms with Crippen molar-refractivity contribution in [3.05, 3.63) is 28.6 Å². The molecule has 7 heteroatoms. The van der Waals surface area contributed by atoms with Crippen LogP contribution < -0.4 is 5.32 Å². The molecule has 2 aromatic heterocycles. The SMILES string of the molecule is CCC1C(=O)NCCN1Cc1cnn2cc(Br)cnc12. The van der Waals surface area contributed by atoms with Crippen LogP contribution in [-0.2, 0) is 11.3 Å². The van der Waals surface area contributed by atoms with E-state index in [1.165, 1.54) is 0 Å². The highest BCUT2D eigenvalue weighted by Gasteiger charge is 2.28. The first-order valence-electron chi connectivity index (χ1n) is 6.68. The molecule has 20 heavy (non-hydrogen) atoms. The topological polar surface area (TPSA) is 62.5 Å². The molecule has 106 valence electrons. The van der Waals surface area contributed by atoms with Crippen LogP contribution in [0.3, 0.4) is 0 Å². The van der Waals surface area contributed by atoms with Crippen molar-refractivity contribution in [2.45, 2.75) is 25.9 Å². The molecule has 1 fully saturated rings. The highest BCUT2D eigenvalue weighted by molar-refractivity contribution is 9.10. The molecule has 1 aliphatic heterocycles. The minimum absolute atomic E-state index is 0.0610. The first-order valence-corrected chi connectivity index (χ1v) is 7.48. The largest absolute Gasteiger partial charge is 0.353 e. The average Bonchev–Trinajstić information content (AvgIpc) is 2.81. The number of rotatable bonds is 3. The van der Waals surface area contributed by atoms with Crippen LogP contribution in [0.5, 0.6) is 0 Å². The van der Waals surface area contributed by atoms with Crippen LogP contribution in [0.4, 0.5) is 0 Å². The van der Waals surface area contributed by atoms with Crippen LogP contribution in [0.25, 0.3) is 5.65 Å². The van der Waals surface area contributed by atoms with Crippen molar-refractivity contribution in [1.82, 2.24) is 24.8 Å². The molecule has 0 radical (unpaired) electrons. The normalized spacial score (nSPS) is 20.3. The van der Waals surface area contributed by atoms with E-state index in [-0.39, 0.29) is 11.9 Å². The molecule has 1 aliphatic rings. The van der Waals surface area contributed by atoms with E-state index in [0.29, 0.717) is 13.1 Å². The van der Waals surface area contributed by atoms with E-state index < -0.39 is 0 Å². The fourth-order valence-corrected chi connectivity index (χ4v) is 2.92. The summed E-state index contributed by atoms with van der Waals surface area (Å²) in [5, 5.41) is 7.23. The molecule has 3 heterocycles. The van der Waals surface area contributed by atoms with E-state index in [1.54, 1.807) is 10.7 Å². The van der Waals surface area contributed by atoms with Crippen molar-refractivity contribution >= 4 is 27.5 Å². The van der Waals surface area contributed by atoms with Crippen LogP contribution in [-0.4, -0.2) is 44.5 Å². The highest BCUT2D eigenvalue weighted by Crippen LogP contribution is 2.17. The molecular formula is C13H16BrN5O. The molecule has 1 amide bonds. The van der Waals surface area contributed by atoms with Gasteiger partial charge in [0.25, 0.3) is 0 Å². The first-order chi connectivity index (χ1) is 9.69. The number of nitrogens with one attached hydrogen (secondary N) is 1. The van der Waals surface area contributed by atoms with Crippen molar-refractivity contribution in [1.29, 1.82) is 0 Å². The van der Waals surface area contributed by atoms with E-state index in [4.69, 9.17) is 0 Å². The second-order valence-corrected chi connectivity index (χ2v) is 5.81. The smallest absolute Gasteiger partial charge is 0.237 e. The summed E-state index contributed by atoms with van der Waals surface area (Å²) in [6.45, 7) is 4.30. The monoisotopic (exact) mass is 337 g/mol. The Balaban J connectivity index is 1.87. The molecule has 6 nitrogen and oxygen atoms in total. The summed E-state index contributed by atoms with van der Waals surface area (Å²) in [6.07, 6.45) is 6.28. The van der Waals surface area contributed by atoms with Crippen molar-refractivity contribution in [2.75, 3.05) is 13.1 Å². The molecule has 2 aromatic rings. The number of piperazine rings is 1. The van der Waals surface area contributed by atoms with Crippen LogP contribution >= 0.6 is 15.9 Å². The van der Waals surface area contributed by atoms with Crippen LogP contribution in [0.2, 0.25) is 0 Å². The van der Waals surface area contributed by atoms with E-state index in [0.717, 1.165) is 28.6 Å². The lowest BCUT2D eigenvalue weighted by Crippen LogP contribution is -2.54. The fourth-order valence-electron chi connectivity index (χ4n) is 2.63. The zero-order valence-corrected chi connectivity index (χ0v) is 12.8. The van der Waals surface area contributed by atoms with Crippen LogP contribution in [0.15, 0.2) is 23.1 Å². The van der Waals surface area contributed by atoms with Crippen molar-refractivity contribution in [2.24, 2.45) is 0 Å². The van der Waals surface area contributed by atoms with Crippen LogP contribution in [0, 0.1) is 0 Å². The summed E-state index contributed by atoms with van der Waals surface area (Å²) in [5.41, 5.74) is 1.89. The van der Waals surface area contributed by atoms with Gasteiger partial charge in [-0.2, -0.15) is 5.10 Å². The van der Waals surface area contributed by atoms with Gasteiger partial charge in [0.2, 0.25) is 5.91 Å². The second-order valence-electron chi connectivity index (χ2n) is 4.90. The van der Waals surface area contributed by atoms with Gasteiger partial charge in [-0.3, -0.25) is 9.69 Å². The maximum absolute atomic E-state index is 11.9. The molecular weight excluding hydrogens is 322 g/mol. The summed E-state index contributed by atoms with van der Waals surface area (Å²) >= 11 is 3.38. The number of amides is 1. The Morgan fingerprint density at radius 2 is 2.35 bits per heavy atom. The van der Waals surface area contributed by atoms with Gasteiger partial charge >= 0.3 is 0 Å². The highest BCUT2D eigenvalue weighted by atomic mass is 79.9. The molecule has 1 N–H and O–H groups in total. The van der Waals surface area contributed by atoms with Gasteiger partial charge < -0.3 is 5.32 Å². The lowest BCUT2D eigenvalue weighted by atomic mass is 10.1. The summed E-state index contributed by atoms with van der Waals surface area (Å²) in [4.78, 5) is 18.5. The Hall–Kier alpha value is -1.47. The van der Waals surface area contributed by atoms with Crippen molar-refractivity contribution in [3.8, 4) is 0 Å². The standard InChI is InChI=1S/C13H16BrN5O/c1-2-11-13(20)15-3-4-18(11)7-9-5-17-19-8-10(14)6-16-12(9)19/h5-6,8,11H,2-4,7H2,1H3,(H,15,20). The Bertz CT molecular complexity index is 641. The predicted octanol–water partition coefficient (Wildman–Crippen LogP) is 1.20. The second kappa shape index (κ2) is 5.49. The summed E-state index contributed by atoms with van der Waals surface area (Å²) in [5.74, 6) is 0.117. The Labute approximate surface area is 125 Å². The van der Waals surface area contributed by atoms with Gasteiger partial charge in [0.1, 0.15) is 0 Å². The zero-order chi connectivity index (χ0) is 14.1. The van der Waals surface area contributed by atoms with E-state index in [2.05, 4.69) is 36.2 Å². The Morgan fingerprint density at radius 1 is 1.50 bits per heavy atom. The third-order valence-electron chi connectivity index (χ3n) is 3.60. The Kier molecular flexibility index (Phi) is 3.71. The number of carbonyl (C=O) groups excluding carboxylic acids is 1. The molecule has 0 aliphatic carbocycles. The lowest BCUT2D eigenvalue weighted by Gasteiger charge is -2.34. The quantitative estimate of drug-likeness (QED) is 0.914. The molecule has 1 saturated heterocycles. The number of aromatic nitrogens is 3. The molecule has 0 aromatic carbocycles. The lowest BCUT2D eigenvalue weighted by molar-refractivity contribution is -0.129. The molecule has 0 spiro atoms. The molecule has 3 rings (SSSR count). The van der Waals surface area contributed by atoms with Crippen LogP contribution in [0.1, 0.15) is 18.9 Å². The minimum atomic E-state index is -0.0610. The van der Waals surface area contributed by atoms with Crippen molar-refractivity contribution < 1.29 is 4.79 Å². The van der Waals surface area contributed by atoms with Crippen molar-refractivity contribution in [3.63, 3.8) is 0 Å². The van der Waals surface area contributed by atoms with Gasteiger partial charge in [-0.25, -0.2) is 9.50 Å². The first kappa shape index (κ1) is 13.5. The van der Waals surface area contributed by atoms with Gasteiger partial charge in [0.05, 0.1) is 16.7 Å². The molecule has 0 bridgehead atoms. The number of hydrogen-bond donors (Lipinski definition) is 1. The molecule has 0 saturated carbocycles. The van der Waals surface area contributed by atoms with Gasteiger partial charge in [-0.05, 0) is 22.4 Å². The number of halogens is 1. The zero-order valence-electron chi connectivity index (χ0n) is 11.2. The molecule has 1 atom stereocenters. The summed E-state index contributed by atoms with van der Waals surface area (Å²) < 4.78 is 2.65. The Morgan fingerprint density at radius 3 is 3.15 bits per heavy atom. The number of hydrogen-bond acceptors (Lipinski definition) is 4. The summed E-state index contributed by atoms with van der Waals surface area (Å²) in [7, 11) is 0. The van der Waals surface area contributed by atoms with Gasteiger partial charge in [-0.1, -0.05) is 6.92 Å². The number of carbonyl (C=O) groups is 1. The molecule has 1 unspecified atom stereocenters. The maximum Gasteiger partial charge on any atom is 0.237 e.